The second-order valence-electron chi connectivity index (χ2n) is 6.47. The van der Waals surface area contributed by atoms with Crippen LogP contribution in [0.1, 0.15) is 12.2 Å². The Balaban J connectivity index is 1.80. The second-order valence-corrected chi connectivity index (χ2v) is 10.4. The maximum Gasteiger partial charge on any atom is 0.266 e. The third-order valence-corrected chi connectivity index (χ3v) is 8.17. The van der Waals surface area contributed by atoms with Gasteiger partial charge in [-0.25, -0.2) is 13.4 Å². The Bertz CT molecular complexity index is 1180. The summed E-state index contributed by atoms with van der Waals surface area (Å²) in [5.74, 6) is 1.42. The number of aromatic nitrogens is 2. The maximum atomic E-state index is 13.2. The van der Waals surface area contributed by atoms with Crippen molar-refractivity contribution in [3.63, 3.8) is 0 Å². The SMILES string of the molecule is O=c1c2ccccc2nc(CS[C@@H]2CCS(=O)(=O)C2)n1-c1ccccc1Cl. The molecular weight excluding hydrogens is 404 g/mol. The molecule has 0 N–H and O–H groups in total. The minimum absolute atomic E-state index is 0.0260. The molecule has 0 radical (unpaired) electrons. The van der Waals surface area contributed by atoms with E-state index in [-0.39, 0.29) is 22.3 Å². The highest BCUT2D eigenvalue weighted by Crippen LogP contribution is 2.28. The van der Waals surface area contributed by atoms with E-state index in [2.05, 4.69) is 4.98 Å². The molecule has 1 atom stereocenters. The zero-order valence-corrected chi connectivity index (χ0v) is 16.7. The van der Waals surface area contributed by atoms with Crippen molar-refractivity contribution < 1.29 is 8.42 Å². The van der Waals surface area contributed by atoms with Gasteiger partial charge in [0, 0.05) is 5.25 Å². The van der Waals surface area contributed by atoms with Crippen molar-refractivity contribution in [3.8, 4) is 5.69 Å². The molecule has 2 heterocycles. The summed E-state index contributed by atoms with van der Waals surface area (Å²) in [7, 11) is -2.94. The third kappa shape index (κ3) is 3.77. The van der Waals surface area contributed by atoms with Gasteiger partial charge in [0.1, 0.15) is 5.82 Å². The van der Waals surface area contributed by atoms with E-state index < -0.39 is 9.84 Å². The van der Waals surface area contributed by atoms with Crippen LogP contribution in [0.2, 0.25) is 5.02 Å². The van der Waals surface area contributed by atoms with E-state index in [4.69, 9.17) is 11.6 Å². The molecule has 1 aliphatic heterocycles. The van der Waals surface area contributed by atoms with E-state index in [1.54, 1.807) is 28.8 Å². The van der Waals surface area contributed by atoms with Crippen molar-refractivity contribution in [1.29, 1.82) is 0 Å². The van der Waals surface area contributed by atoms with Crippen molar-refractivity contribution in [2.24, 2.45) is 0 Å². The molecule has 1 saturated heterocycles. The van der Waals surface area contributed by atoms with Gasteiger partial charge < -0.3 is 0 Å². The number of sulfone groups is 1. The highest BCUT2D eigenvalue weighted by molar-refractivity contribution is 8.01. The van der Waals surface area contributed by atoms with Gasteiger partial charge in [0.2, 0.25) is 0 Å². The van der Waals surface area contributed by atoms with Crippen molar-refractivity contribution in [2.45, 2.75) is 17.4 Å². The van der Waals surface area contributed by atoms with Crippen LogP contribution >= 0.6 is 23.4 Å². The Labute approximate surface area is 166 Å². The van der Waals surface area contributed by atoms with Crippen LogP contribution in [0.5, 0.6) is 0 Å². The van der Waals surface area contributed by atoms with Gasteiger partial charge in [-0.1, -0.05) is 35.9 Å². The molecule has 0 spiro atoms. The summed E-state index contributed by atoms with van der Waals surface area (Å²) in [6, 6.07) is 14.4. The lowest BCUT2D eigenvalue weighted by Crippen LogP contribution is -2.24. The Morgan fingerprint density at radius 1 is 1.15 bits per heavy atom. The molecule has 1 fully saturated rings. The summed E-state index contributed by atoms with van der Waals surface area (Å²) in [4.78, 5) is 17.8. The molecular formula is C19H17ClN2O3S2. The Kier molecular flexibility index (Phi) is 5.01. The molecule has 2 aromatic carbocycles. The van der Waals surface area contributed by atoms with Crippen LogP contribution in [-0.2, 0) is 15.6 Å². The average Bonchev–Trinajstić information content (AvgIpc) is 3.00. The van der Waals surface area contributed by atoms with Crippen molar-refractivity contribution in [3.05, 3.63) is 69.7 Å². The van der Waals surface area contributed by atoms with Gasteiger partial charge in [-0.15, -0.1) is 11.8 Å². The minimum Gasteiger partial charge on any atom is -0.268 e. The molecule has 0 aliphatic carbocycles. The highest BCUT2D eigenvalue weighted by atomic mass is 35.5. The number of benzene rings is 2. The van der Waals surface area contributed by atoms with Crippen LogP contribution in [0.4, 0.5) is 0 Å². The molecule has 27 heavy (non-hydrogen) atoms. The van der Waals surface area contributed by atoms with Crippen LogP contribution in [0, 0.1) is 0 Å². The third-order valence-electron chi connectivity index (χ3n) is 4.58. The molecule has 0 amide bonds. The number of para-hydroxylation sites is 2. The monoisotopic (exact) mass is 420 g/mol. The highest BCUT2D eigenvalue weighted by Gasteiger charge is 2.28. The number of hydrogen-bond acceptors (Lipinski definition) is 5. The van der Waals surface area contributed by atoms with E-state index in [0.29, 0.717) is 39.6 Å². The van der Waals surface area contributed by atoms with E-state index in [0.717, 1.165) is 0 Å². The van der Waals surface area contributed by atoms with Gasteiger partial charge in [-0.3, -0.25) is 9.36 Å². The Morgan fingerprint density at radius 2 is 1.89 bits per heavy atom. The van der Waals surface area contributed by atoms with E-state index in [1.165, 1.54) is 11.8 Å². The maximum absolute atomic E-state index is 13.2. The van der Waals surface area contributed by atoms with Gasteiger partial charge in [0.25, 0.3) is 5.56 Å². The molecule has 140 valence electrons. The molecule has 0 saturated carbocycles. The topological polar surface area (TPSA) is 69.0 Å². The number of rotatable bonds is 4. The minimum atomic E-state index is -2.94. The summed E-state index contributed by atoms with van der Waals surface area (Å²) < 4.78 is 25.0. The van der Waals surface area contributed by atoms with Gasteiger partial charge in [0.05, 0.1) is 38.9 Å². The van der Waals surface area contributed by atoms with Gasteiger partial charge >= 0.3 is 0 Å². The first kappa shape index (κ1) is 18.5. The van der Waals surface area contributed by atoms with Gasteiger partial charge in [0.15, 0.2) is 9.84 Å². The summed E-state index contributed by atoms with van der Waals surface area (Å²) in [5.41, 5.74) is 1.03. The summed E-state index contributed by atoms with van der Waals surface area (Å²) in [6.07, 6.45) is 0.636. The van der Waals surface area contributed by atoms with E-state index in [9.17, 15) is 13.2 Å². The quantitative estimate of drug-likeness (QED) is 0.646. The Morgan fingerprint density at radius 3 is 2.63 bits per heavy atom. The molecule has 0 bridgehead atoms. The van der Waals surface area contributed by atoms with Crippen LogP contribution in [-0.4, -0.2) is 34.7 Å². The molecule has 3 aromatic rings. The zero-order chi connectivity index (χ0) is 19.0. The fraction of sp³-hybridized carbons (Fsp3) is 0.263. The fourth-order valence-electron chi connectivity index (χ4n) is 3.24. The predicted molar refractivity (Wildman–Crippen MR) is 111 cm³/mol. The largest absolute Gasteiger partial charge is 0.268 e. The molecule has 0 unspecified atom stereocenters. The average molecular weight is 421 g/mol. The summed E-state index contributed by atoms with van der Waals surface area (Å²) in [6.45, 7) is 0. The summed E-state index contributed by atoms with van der Waals surface area (Å²) >= 11 is 7.87. The first-order chi connectivity index (χ1) is 12.9. The molecule has 1 aliphatic rings. The van der Waals surface area contributed by atoms with Gasteiger partial charge in [-0.05, 0) is 30.7 Å². The van der Waals surface area contributed by atoms with Crippen LogP contribution in [0.15, 0.2) is 53.3 Å². The van der Waals surface area contributed by atoms with Crippen LogP contribution < -0.4 is 5.56 Å². The molecule has 5 nitrogen and oxygen atoms in total. The molecule has 8 heteroatoms. The normalized spacial score (nSPS) is 18.8. The first-order valence-corrected chi connectivity index (χ1v) is 11.8. The standard InChI is InChI=1S/C19H17ClN2O3S2/c20-15-6-2-4-8-17(15)22-18(11-26-13-9-10-27(24,25)12-13)21-16-7-3-1-5-14(16)19(22)23/h1-8,13H,9-12H2/t13-/m1/s1. The van der Waals surface area contributed by atoms with E-state index in [1.807, 2.05) is 24.3 Å². The summed E-state index contributed by atoms with van der Waals surface area (Å²) in [5, 5.41) is 1.01. The van der Waals surface area contributed by atoms with Crippen LogP contribution in [0.25, 0.3) is 16.6 Å². The second kappa shape index (κ2) is 7.30. The first-order valence-electron chi connectivity index (χ1n) is 8.52. The van der Waals surface area contributed by atoms with Crippen molar-refractivity contribution in [2.75, 3.05) is 11.5 Å². The molecule has 1 aromatic heterocycles. The molecule has 4 rings (SSSR count). The van der Waals surface area contributed by atoms with Crippen molar-refractivity contribution in [1.82, 2.24) is 9.55 Å². The number of nitrogens with zero attached hydrogens (tertiary/aromatic N) is 2. The fourth-order valence-corrected chi connectivity index (χ4v) is 7.02. The van der Waals surface area contributed by atoms with Crippen molar-refractivity contribution >= 4 is 44.1 Å². The van der Waals surface area contributed by atoms with Crippen LogP contribution in [0.3, 0.4) is 0 Å². The number of thioether (sulfide) groups is 1. The van der Waals surface area contributed by atoms with Gasteiger partial charge in [-0.2, -0.15) is 0 Å². The lowest BCUT2D eigenvalue weighted by atomic mass is 10.2. The lowest BCUT2D eigenvalue weighted by molar-refractivity contribution is 0.602. The number of hydrogen-bond donors (Lipinski definition) is 0. The zero-order valence-electron chi connectivity index (χ0n) is 14.3. The lowest BCUT2D eigenvalue weighted by Gasteiger charge is -2.16. The predicted octanol–water partition coefficient (Wildman–Crippen LogP) is 3.46. The number of halogens is 1. The van der Waals surface area contributed by atoms with E-state index >= 15 is 0 Å². The number of fused-ring (bicyclic) bond motifs is 1. The smallest absolute Gasteiger partial charge is 0.266 e. The Hall–Kier alpha value is -1.83.